The third-order valence-corrected chi connectivity index (χ3v) is 4.95. The molecule has 1 aliphatic rings. The molecule has 7 heteroatoms. The minimum atomic E-state index is -0.590. The van der Waals surface area contributed by atoms with Crippen LogP contribution in [0.3, 0.4) is 0 Å². The molecule has 0 saturated carbocycles. The van der Waals surface area contributed by atoms with Crippen molar-refractivity contribution in [1.29, 1.82) is 0 Å². The molecule has 0 radical (unpaired) electrons. The van der Waals surface area contributed by atoms with Crippen molar-refractivity contribution in [2.24, 2.45) is 5.92 Å². The average molecular weight is 401 g/mol. The Kier molecular flexibility index (Phi) is 5.99. The van der Waals surface area contributed by atoms with Crippen molar-refractivity contribution >= 4 is 40.8 Å². The van der Waals surface area contributed by atoms with Crippen LogP contribution in [0.25, 0.3) is 0 Å². The quantitative estimate of drug-likeness (QED) is 0.779. The number of hydrogen-bond acceptors (Lipinski definition) is 4. The third-order valence-electron chi connectivity index (χ3n) is 4.71. The molecule has 3 rings (SSSR count). The Morgan fingerprint density at radius 2 is 1.96 bits per heavy atom. The Bertz CT molecular complexity index is 928. The average Bonchev–Trinajstić information content (AvgIpc) is 3.04. The van der Waals surface area contributed by atoms with E-state index in [0.29, 0.717) is 10.7 Å². The molecule has 0 aliphatic carbocycles. The first-order chi connectivity index (χ1) is 13.3. The summed E-state index contributed by atoms with van der Waals surface area (Å²) < 4.78 is 5.10. The van der Waals surface area contributed by atoms with Crippen molar-refractivity contribution in [1.82, 2.24) is 0 Å². The molecule has 1 N–H and O–H groups in total. The maximum Gasteiger partial charge on any atom is 0.311 e. The van der Waals surface area contributed by atoms with Gasteiger partial charge in [0.2, 0.25) is 5.91 Å². The molecule has 2 aromatic carbocycles. The number of halogens is 1. The molecular weight excluding hydrogens is 380 g/mol. The zero-order chi connectivity index (χ0) is 20.3. The first kappa shape index (κ1) is 19.9. The maximum atomic E-state index is 12.3. The summed E-state index contributed by atoms with van der Waals surface area (Å²) in [5.74, 6) is -1.74. The fourth-order valence-corrected chi connectivity index (χ4v) is 3.22. The Labute approximate surface area is 168 Å². The fraction of sp³-hybridized carbons (Fsp3) is 0.286. The van der Waals surface area contributed by atoms with Crippen LogP contribution in [0.2, 0.25) is 5.02 Å². The van der Waals surface area contributed by atoms with Crippen molar-refractivity contribution in [3.05, 3.63) is 58.6 Å². The highest BCUT2D eigenvalue weighted by atomic mass is 35.5. The van der Waals surface area contributed by atoms with Gasteiger partial charge in [-0.3, -0.25) is 14.4 Å². The van der Waals surface area contributed by atoms with E-state index >= 15 is 0 Å². The summed E-state index contributed by atoms with van der Waals surface area (Å²) in [5.41, 5.74) is 3.50. The molecule has 28 heavy (non-hydrogen) atoms. The van der Waals surface area contributed by atoms with Crippen molar-refractivity contribution < 1.29 is 19.1 Å². The number of aryl methyl sites for hydroxylation is 2. The molecule has 0 spiro atoms. The normalized spacial score (nSPS) is 16.2. The molecule has 1 saturated heterocycles. The summed E-state index contributed by atoms with van der Waals surface area (Å²) in [6.45, 7) is 3.80. The Morgan fingerprint density at radius 1 is 1.18 bits per heavy atom. The van der Waals surface area contributed by atoms with Crippen LogP contribution in [0.1, 0.15) is 17.5 Å². The number of carbonyl (C=O) groups excluding carboxylic acids is 3. The van der Waals surface area contributed by atoms with Gasteiger partial charge in [-0.05, 0) is 55.3 Å². The standard InChI is InChI=1S/C21H21ClN2O4/c1-13-6-7-18(8-14(13)2)24-11-15(9-20(24)26)21(27)28-12-19(25)23-17-5-3-4-16(22)10-17/h3-8,10,15H,9,11-12H2,1-2H3,(H,23,25)/t15-/m0/s1. The molecule has 0 aromatic heterocycles. The zero-order valence-corrected chi connectivity index (χ0v) is 16.5. The molecule has 0 bridgehead atoms. The summed E-state index contributed by atoms with van der Waals surface area (Å²) in [7, 11) is 0. The monoisotopic (exact) mass is 400 g/mol. The highest BCUT2D eigenvalue weighted by Crippen LogP contribution is 2.27. The molecule has 2 aromatic rings. The molecule has 1 heterocycles. The van der Waals surface area contributed by atoms with E-state index in [1.54, 1.807) is 29.2 Å². The molecule has 0 unspecified atom stereocenters. The van der Waals surface area contributed by atoms with Gasteiger partial charge in [0.1, 0.15) is 0 Å². The van der Waals surface area contributed by atoms with E-state index in [1.807, 2.05) is 32.0 Å². The van der Waals surface area contributed by atoms with E-state index in [2.05, 4.69) is 5.32 Å². The van der Waals surface area contributed by atoms with Crippen molar-refractivity contribution in [2.45, 2.75) is 20.3 Å². The second kappa shape index (κ2) is 8.44. The Hall–Kier alpha value is -2.86. The minimum absolute atomic E-state index is 0.0711. The number of esters is 1. The van der Waals surface area contributed by atoms with Crippen LogP contribution in [0.15, 0.2) is 42.5 Å². The van der Waals surface area contributed by atoms with Gasteiger partial charge in [0.15, 0.2) is 6.61 Å². The summed E-state index contributed by atoms with van der Waals surface area (Å²) >= 11 is 5.86. The number of rotatable bonds is 5. The van der Waals surface area contributed by atoms with Crippen LogP contribution in [0, 0.1) is 19.8 Å². The van der Waals surface area contributed by atoms with Gasteiger partial charge in [0.05, 0.1) is 5.92 Å². The van der Waals surface area contributed by atoms with E-state index in [0.717, 1.165) is 16.8 Å². The first-order valence-corrected chi connectivity index (χ1v) is 9.31. The van der Waals surface area contributed by atoms with Crippen LogP contribution in [0.4, 0.5) is 11.4 Å². The van der Waals surface area contributed by atoms with Crippen LogP contribution < -0.4 is 10.2 Å². The molecule has 1 fully saturated rings. The lowest BCUT2D eigenvalue weighted by molar-refractivity contribution is -0.151. The van der Waals surface area contributed by atoms with Crippen LogP contribution in [0.5, 0.6) is 0 Å². The highest BCUT2D eigenvalue weighted by molar-refractivity contribution is 6.30. The lowest BCUT2D eigenvalue weighted by atomic mass is 10.1. The number of hydrogen-bond donors (Lipinski definition) is 1. The van der Waals surface area contributed by atoms with Gasteiger partial charge in [0, 0.05) is 29.4 Å². The smallest absolute Gasteiger partial charge is 0.311 e. The van der Waals surface area contributed by atoms with E-state index < -0.39 is 24.4 Å². The number of benzene rings is 2. The largest absolute Gasteiger partial charge is 0.455 e. The fourth-order valence-electron chi connectivity index (χ4n) is 3.03. The Balaban J connectivity index is 1.54. The lowest BCUT2D eigenvalue weighted by Gasteiger charge is -2.17. The summed E-state index contributed by atoms with van der Waals surface area (Å²) in [6.07, 6.45) is 0.0711. The van der Waals surface area contributed by atoms with E-state index in [1.165, 1.54) is 0 Å². The van der Waals surface area contributed by atoms with Crippen molar-refractivity contribution in [2.75, 3.05) is 23.4 Å². The lowest BCUT2D eigenvalue weighted by Crippen LogP contribution is -2.28. The minimum Gasteiger partial charge on any atom is -0.455 e. The maximum absolute atomic E-state index is 12.3. The highest BCUT2D eigenvalue weighted by Gasteiger charge is 2.36. The van der Waals surface area contributed by atoms with Gasteiger partial charge in [-0.15, -0.1) is 0 Å². The predicted molar refractivity (Wildman–Crippen MR) is 107 cm³/mol. The number of ether oxygens (including phenoxy) is 1. The number of amides is 2. The van der Waals surface area contributed by atoms with Crippen molar-refractivity contribution in [3.8, 4) is 0 Å². The van der Waals surface area contributed by atoms with E-state index in [-0.39, 0.29) is 18.9 Å². The number of nitrogens with zero attached hydrogens (tertiary/aromatic N) is 1. The summed E-state index contributed by atoms with van der Waals surface area (Å²) in [4.78, 5) is 38.2. The molecule has 1 aliphatic heterocycles. The topological polar surface area (TPSA) is 75.7 Å². The number of anilines is 2. The van der Waals surface area contributed by atoms with Crippen molar-refractivity contribution in [3.63, 3.8) is 0 Å². The Morgan fingerprint density at radius 3 is 2.68 bits per heavy atom. The summed E-state index contributed by atoms with van der Waals surface area (Å²) in [6, 6.07) is 12.4. The second-order valence-electron chi connectivity index (χ2n) is 6.84. The molecule has 6 nitrogen and oxygen atoms in total. The van der Waals surface area contributed by atoms with Gasteiger partial charge in [-0.2, -0.15) is 0 Å². The first-order valence-electron chi connectivity index (χ1n) is 8.93. The molecule has 146 valence electrons. The SMILES string of the molecule is Cc1ccc(N2C[C@@H](C(=O)OCC(=O)Nc3cccc(Cl)c3)CC2=O)cc1C. The second-order valence-corrected chi connectivity index (χ2v) is 7.28. The molecule has 1 atom stereocenters. The van der Waals surface area contributed by atoms with Crippen LogP contribution in [-0.2, 0) is 19.1 Å². The number of carbonyl (C=O) groups is 3. The van der Waals surface area contributed by atoms with E-state index in [9.17, 15) is 14.4 Å². The van der Waals surface area contributed by atoms with Gasteiger partial charge in [-0.1, -0.05) is 23.7 Å². The van der Waals surface area contributed by atoms with Gasteiger partial charge < -0.3 is 15.0 Å². The van der Waals surface area contributed by atoms with Gasteiger partial charge in [0.25, 0.3) is 5.91 Å². The number of nitrogens with one attached hydrogen (secondary N) is 1. The van der Waals surface area contributed by atoms with Gasteiger partial charge >= 0.3 is 5.97 Å². The van der Waals surface area contributed by atoms with Gasteiger partial charge in [-0.25, -0.2) is 0 Å². The van der Waals surface area contributed by atoms with Crippen LogP contribution >= 0.6 is 11.6 Å². The zero-order valence-electron chi connectivity index (χ0n) is 15.7. The summed E-state index contributed by atoms with van der Waals surface area (Å²) in [5, 5.41) is 3.10. The molecule has 2 amide bonds. The third kappa shape index (κ3) is 4.70. The molecular formula is C21H21ClN2O4. The van der Waals surface area contributed by atoms with Crippen LogP contribution in [-0.4, -0.2) is 30.9 Å². The van der Waals surface area contributed by atoms with E-state index in [4.69, 9.17) is 16.3 Å². The predicted octanol–water partition coefficient (Wildman–Crippen LogP) is 3.49.